The lowest BCUT2D eigenvalue weighted by atomic mass is 9.96. The number of carbonyl (C=O) groups excluding carboxylic acids is 1. The zero-order valence-electron chi connectivity index (χ0n) is 11.4. The van der Waals surface area contributed by atoms with Gasteiger partial charge in [-0.2, -0.15) is 0 Å². The number of likely N-dealkylation sites (tertiary alicyclic amines) is 1. The van der Waals surface area contributed by atoms with E-state index >= 15 is 0 Å². The Kier molecular flexibility index (Phi) is 6.24. The smallest absolute Gasteiger partial charge is 0.326 e. The summed E-state index contributed by atoms with van der Waals surface area (Å²) in [5.41, 5.74) is 5.51. The molecule has 0 aromatic carbocycles. The number of carbonyl (C=O) groups is 2. The summed E-state index contributed by atoms with van der Waals surface area (Å²) in [6, 6.07) is -0.878. The predicted molar refractivity (Wildman–Crippen MR) is 70.4 cm³/mol. The largest absolute Gasteiger partial charge is 0.480 e. The highest BCUT2D eigenvalue weighted by Crippen LogP contribution is 2.21. The van der Waals surface area contributed by atoms with Crippen molar-refractivity contribution >= 4 is 11.9 Å². The summed E-state index contributed by atoms with van der Waals surface area (Å²) in [4.78, 5) is 24.4. The van der Waals surface area contributed by atoms with E-state index in [4.69, 9.17) is 10.8 Å². The number of amides is 1. The van der Waals surface area contributed by atoms with Crippen LogP contribution in [0.5, 0.6) is 0 Å². The van der Waals surface area contributed by atoms with Crippen molar-refractivity contribution in [1.29, 1.82) is 0 Å². The summed E-state index contributed by atoms with van der Waals surface area (Å²) in [5.74, 6) is -0.817. The molecule has 0 aromatic heterocycles. The third-order valence-corrected chi connectivity index (χ3v) is 3.80. The summed E-state index contributed by atoms with van der Waals surface area (Å²) < 4.78 is 0. The van der Waals surface area contributed by atoms with Crippen LogP contribution in [0, 0.1) is 5.92 Å². The van der Waals surface area contributed by atoms with Crippen molar-refractivity contribution in [2.24, 2.45) is 11.7 Å². The lowest BCUT2D eigenvalue weighted by Crippen LogP contribution is -2.40. The summed E-state index contributed by atoms with van der Waals surface area (Å²) in [6.07, 6.45) is 2.31. The van der Waals surface area contributed by atoms with Crippen molar-refractivity contribution in [1.82, 2.24) is 4.90 Å². The Bertz CT molecular complexity index is 322. The predicted octanol–water partition coefficient (Wildman–Crippen LogP) is 0.188. The lowest BCUT2D eigenvalue weighted by Gasteiger charge is -2.22. The first-order chi connectivity index (χ1) is 8.99. The summed E-state index contributed by atoms with van der Waals surface area (Å²) in [6.45, 7) is 2.79. The van der Waals surface area contributed by atoms with E-state index in [9.17, 15) is 14.7 Å². The molecule has 1 aliphatic heterocycles. The van der Waals surface area contributed by atoms with Crippen LogP contribution in [-0.4, -0.2) is 52.2 Å². The second kappa shape index (κ2) is 7.45. The molecule has 0 aromatic rings. The van der Waals surface area contributed by atoms with Crippen LogP contribution in [0.4, 0.5) is 0 Å². The highest BCUT2D eigenvalue weighted by Gasteiger charge is 2.38. The van der Waals surface area contributed by atoms with Crippen LogP contribution in [0.3, 0.4) is 0 Å². The van der Waals surface area contributed by atoms with Crippen molar-refractivity contribution in [2.45, 2.75) is 51.2 Å². The number of carboxylic acid groups (broad SMARTS) is 1. The second-order valence-corrected chi connectivity index (χ2v) is 5.18. The topological polar surface area (TPSA) is 104 Å². The molecule has 3 atom stereocenters. The molecule has 1 heterocycles. The van der Waals surface area contributed by atoms with Gasteiger partial charge in [-0.1, -0.05) is 13.3 Å². The van der Waals surface area contributed by atoms with Gasteiger partial charge in [-0.05, 0) is 25.3 Å². The van der Waals surface area contributed by atoms with E-state index in [1.54, 1.807) is 0 Å². The van der Waals surface area contributed by atoms with E-state index in [0.29, 0.717) is 18.9 Å². The standard InChI is InChI=1S/C13H24N2O4/c1-2-9(5-6-14)3-4-12(17)15-8-10(16)7-11(15)13(18)19/h9-11,16H,2-8,14H2,1H3,(H,18,19)/t9?,10-,11-/m1/s1. The molecule has 6 heteroatoms. The van der Waals surface area contributed by atoms with Gasteiger partial charge < -0.3 is 20.8 Å². The molecular formula is C13H24N2O4. The van der Waals surface area contributed by atoms with Gasteiger partial charge >= 0.3 is 5.97 Å². The number of aliphatic hydroxyl groups excluding tert-OH is 1. The number of hydrogen-bond donors (Lipinski definition) is 3. The Morgan fingerprint density at radius 1 is 1.42 bits per heavy atom. The van der Waals surface area contributed by atoms with E-state index in [-0.39, 0.29) is 18.9 Å². The van der Waals surface area contributed by atoms with Crippen LogP contribution < -0.4 is 5.73 Å². The normalized spacial score (nSPS) is 24.5. The van der Waals surface area contributed by atoms with Crippen LogP contribution >= 0.6 is 0 Å². The first kappa shape index (κ1) is 15.9. The SMILES string of the molecule is CCC(CCN)CCC(=O)N1C[C@H](O)C[C@@H]1C(=O)O. The number of nitrogens with two attached hydrogens (primary N) is 1. The van der Waals surface area contributed by atoms with Crippen molar-refractivity contribution in [2.75, 3.05) is 13.1 Å². The number of carboxylic acids is 1. The van der Waals surface area contributed by atoms with Gasteiger partial charge in [0.05, 0.1) is 6.10 Å². The average molecular weight is 272 g/mol. The molecule has 0 radical (unpaired) electrons. The molecule has 0 saturated carbocycles. The van der Waals surface area contributed by atoms with E-state index in [1.807, 2.05) is 0 Å². The van der Waals surface area contributed by atoms with Crippen molar-refractivity contribution in [3.8, 4) is 0 Å². The highest BCUT2D eigenvalue weighted by atomic mass is 16.4. The fourth-order valence-corrected chi connectivity index (χ4v) is 2.58. The molecule has 1 fully saturated rings. The first-order valence-corrected chi connectivity index (χ1v) is 6.90. The maximum absolute atomic E-state index is 12.1. The molecule has 0 aliphatic carbocycles. The number of hydrogen-bond acceptors (Lipinski definition) is 4. The fraction of sp³-hybridized carbons (Fsp3) is 0.846. The summed E-state index contributed by atoms with van der Waals surface area (Å²) in [5, 5.41) is 18.5. The van der Waals surface area contributed by atoms with E-state index in [0.717, 1.165) is 19.3 Å². The Hall–Kier alpha value is -1.14. The molecule has 0 spiro atoms. The van der Waals surface area contributed by atoms with Crippen molar-refractivity contribution in [3.05, 3.63) is 0 Å². The second-order valence-electron chi connectivity index (χ2n) is 5.18. The minimum absolute atomic E-state index is 0.126. The molecule has 1 unspecified atom stereocenters. The van der Waals surface area contributed by atoms with Gasteiger partial charge in [-0.15, -0.1) is 0 Å². The fourth-order valence-electron chi connectivity index (χ4n) is 2.58. The van der Waals surface area contributed by atoms with Crippen LogP contribution in [0.1, 0.15) is 39.0 Å². The maximum atomic E-state index is 12.1. The molecule has 0 bridgehead atoms. The van der Waals surface area contributed by atoms with Crippen LogP contribution in [0.2, 0.25) is 0 Å². The Balaban J connectivity index is 2.50. The van der Waals surface area contributed by atoms with E-state index < -0.39 is 18.1 Å². The van der Waals surface area contributed by atoms with Gasteiger partial charge in [0.15, 0.2) is 0 Å². The van der Waals surface area contributed by atoms with Gasteiger partial charge in [0, 0.05) is 19.4 Å². The average Bonchev–Trinajstić information content (AvgIpc) is 2.76. The number of rotatable bonds is 7. The van der Waals surface area contributed by atoms with Crippen LogP contribution in [0.15, 0.2) is 0 Å². The summed E-state index contributed by atoms with van der Waals surface area (Å²) >= 11 is 0. The van der Waals surface area contributed by atoms with E-state index in [1.165, 1.54) is 4.90 Å². The first-order valence-electron chi connectivity index (χ1n) is 6.90. The molecule has 1 saturated heterocycles. The number of β-amino-alcohol motifs (C(OH)–C–C–N with tert-alkyl or cyclic N) is 1. The van der Waals surface area contributed by atoms with Gasteiger partial charge in [0.25, 0.3) is 0 Å². The summed E-state index contributed by atoms with van der Waals surface area (Å²) in [7, 11) is 0. The highest BCUT2D eigenvalue weighted by molar-refractivity contribution is 5.84. The Labute approximate surface area is 113 Å². The third kappa shape index (κ3) is 4.47. The third-order valence-electron chi connectivity index (χ3n) is 3.80. The molecule has 1 aliphatic rings. The molecule has 4 N–H and O–H groups in total. The molecule has 110 valence electrons. The Morgan fingerprint density at radius 2 is 2.11 bits per heavy atom. The Morgan fingerprint density at radius 3 is 2.63 bits per heavy atom. The molecule has 19 heavy (non-hydrogen) atoms. The zero-order valence-corrected chi connectivity index (χ0v) is 11.4. The molecule has 1 rings (SSSR count). The van der Waals surface area contributed by atoms with Crippen molar-refractivity contribution < 1.29 is 19.8 Å². The van der Waals surface area contributed by atoms with Gasteiger partial charge in [-0.3, -0.25) is 4.79 Å². The van der Waals surface area contributed by atoms with Gasteiger partial charge in [-0.25, -0.2) is 4.79 Å². The van der Waals surface area contributed by atoms with Crippen LogP contribution in [-0.2, 0) is 9.59 Å². The molecule has 1 amide bonds. The zero-order chi connectivity index (χ0) is 14.4. The van der Waals surface area contributed by atoms with Gasteiger partial charge in [0.2, 0.25) is 5.91 Å². The molecule has 6 nitrogen and oxygen atoms in total. The van der Waals surface area contributed by atoms with Crippen molar-refractivity contribution in [3.63, 3.8) is 0 Å². The number of aliphatic hydroxyl groups is 1. The quantitative estimate of drug-likeness (QED) is 0.613. The van der Waals surface area contributed by atoms with Crippen LogP contribution in [0.25, 0.3) is 0 Å². The van der Waals surface area contributed by atoms with Gasteiger partial charge in [0.1, 0.15) is 6.04 Å². The molecular weight excluding hydrogens is 248 g/mol. The monoisotopic (exact) mass is 272 g/mol. The number of nitrogens with zero attached hydrogens (tertiary/aromatic N) is 1. The lowest BCUT2D eigenvalue weighted by molar-refractivity contribution is -0.148. The maximum Gasteiger partial charge on any atom is 0.326 e. The minimum Gasteiger partial charge on any atom is -0.480 e. The number of aliphatic carboxylic acids is 1. The minimum atomic E-state index is -1.04. The van der Waals surface area contributed by atoms with E-state index in [2.05, 4.69) is 6.92 Å².